The van der Waals surface area contributed by atoms with Gasteiger partial charge in [-0.05, 0) is 38.5 Å². The van der Waals surface area contributed by atoms with Gasteiger partial charge in [-0.25, -0.2) is 4.79 Å². The third-order valence-corrected chi connectivity index (χ3v) is 4.28. The molecule has 0 saturated heterocycles. The Morgan fingerprint density at radius 2 is 1.50 bits per heavy atom. The van der Waals surface area contributed by atoms with E-state index in [1.807, 2.05) is 5.32 Å². The van der Waals surface area contributed by atoms with Crippen LogP contribution in [0, 0.1) is 0 Å². The maximum Gasteiger partial charge on any atom is 0.348 e. The monoisotopic (exact) mass is 447 g/mol. The number of para-hydroxylation sites is 1. The highest BCUT2D eigenvalue weighted by molar-refractivity contribution is 5.92. The number of carbonyl (C=O) groups excluding carboxylic acids is 3. The molecule has 32 heavy (non-hydrogen) atoms. The van der Waals surface area contributed by atoms with Crippen molar-refractivity contribution < 1.29 is 27.9 Å². The second-order valence-corrected chi connectivity index (χ2v) is 8.21. The molecule has 172 valence electrons. The largest absolute Gasteiger partial charge is 0.458 e. The predicted octanol–water partition coefficient (Wildman–Crippen LogP) is 3.18. The van der Waals surface area contributed by atoms with Crippen LogP contribution in [0.15, 0.2) is 60.7 Å². The number of anilines is 1. The van der Waals surface area contributed by atoms with Gasteiger partial charge in [0.25, 0.3) is 5.91 Å². The fourth-order valence-electron chi connectivity index (χ4n) is 2.88. The zero-order chi connectivity index (χ0) is 23.9. The summed E-state index contributed by atoms with van der Waals surface area (Å²) in [5, 5.41) is 4.62. The lowest BCUT2D eigenvalue weighted by molar-refractivity contribution is -0.163. The quantitative estimate of drug-likeness (QED) is 0.512. The summed E-state index contributed by atoms with van der Waals surface area (Å²) in [6, 6.07) is 12.5. The summed E-state index contributed by atoms with van der Waals surface area (Å²) < 4.78 is 36.0. The van der Waals surface area contributed by atoms with Crippen molar-refractivity contribution in [2.24, 2.45) is 5.73 Å². The fourth-order valence-corrected chi connectivity index (χ4v) is 2.88. The molecule has 0 spiro atoms. The highest BCUT2D eigenvalue weighted by Gasteiger charge is 2.49. The van der Waals surface area contributed by atoms with Crippen LogP contribution in [0.1, 0.15) is 38.8 Å². The molecular weight excluding hydrogens is 420 g/mol. The third-order valence-electron chi connectivity index (χ3n) is 4.28. The van der Waals surface area contributed by atoms with E-state index in [-0.39, 0.29) is 5.56 Å². The number of carbonyl (C=O) groups is 3. The summed E-state index contributed by atoms with van der Waals surface area (Å²) in [6.45, 7) is 4.70. The topological polar surface area (TPSA) is 111 Å². The molecule has 0 radical (unpaired) electrons. The standard InChI is InChI=1S/C23H27F2N3O4/c1-22(2,3)32-20(30)17(14-18(26)29)28-21(31)23(24,25)19(15-10-6-4-7-11-15)27-16-12-8-5-9-13-16/h4-13,17,19,27H,14H2,1-3H3,(H2,26,29)(H,28,31)/t17-,19?/m0/s1. The van der Waals surface area contributed by atoms with E-state index in [0.717, 1.165) is 0 Å². The Kier molecular flexibility index (Phi) is 7.91. The van der Waals surface area contributed by atoms with Crippen molar-refractivity contribution in [2.75, 3.05) is 5.32 Å². The second-order valence-electron chi connectivity index (χ2n) is 8.21. The molecule has 0 aliphatic rings. The maximum atomic E-state index is 15.4. The van der Waals surface area contributed by atoms with E-state index in [2.05, 4.69) is 5.32 Å². The van der Waals surface area contributed by atoms with E-state index >= 15 is 8.78 Å². The zero-order valence-electron chi connectivity index (χ0n) is 18.1. The Morgan fingerprint density at radius 1 is 0.969 bits per heavy atom. The first-order valence-electron chi connectivity index (χ1n) is 9.96. The molecule has 0 aliphatic heterocycles. The number of nitrogens with one attached hydrogen (secondary N) is 2. The minimum absolute atomic E-state index is 0.153. The molecule has 7 nitrogen and oxygen atoms in total. The zero-order valence-corrected chi connectivity index (χ0v) is 18.1. The average molecular weight is 447 g/mol. The number of benzene rings is 2. The first kappa shape index (κ1) is 24.8. The van der Waals surface area contributed by atoms with Crippen molar-refractivity contribution >= 4 is 23.5 Å². The summed E-state index contributed by atoms with van der Waals surface area (Å²) in [5.41, 5.74) is 4.70. The molecule has 2 aromatic carbocycles. The molecule has 0 fully saturated rings. The van der Waals surface area contributed by atoms with Gasteiger partial charge in [0.15, 0.2) is 0 Å². The summed E-state index contributed by atoms with van der Waals surface area (Å²) in [4.78, 5) is 36.4. The molecule has 2 amide bonds. The molecule has 9 heteroatoms. The number of nitrogens with two attached hydrogens (primary N) is 1. The van der Waals surface area contributed by atoms with Crippen LogP contribution in [0.3, 0.4) is 0 Å². The van der Waals surface area contributed by atoms with Crippen molar-refractivity contribution in [3.63, 3.8) is 0 Å². The van der Waals surface area contributed by atoms with Gasteiger partial charge in [-0.3, -0.25) is 9.59 Å². The van der Waals surface area contributed by atoms with Gasteiger partial charge in [-0.1, -0.05) is 48.5 Å². The Labute approximate surface area is 185 Å². The van der Waals surface area contributed by atoms with E-state index < -0.39 is 47.8 Å². The van der Waals surface area contributed by atoms with E-state index in [0.29, 0.717) is 5.69 Å². The number of hydrogen-bond acceptors (Lipinski definition) is 5. The smallest absolute Gasteiger partial charge is 0.348 e. The number of esters is 1. The van der Waals surface area contributed by atoms with Crippen LogP contribution in [-0.4, -0.2) is 35.3 Å². The second kappa shape index (κ2) is 10.2. The summed E-state index contributed by atoms with van der Waals surface area (Å²) in [6.07, 6.45) is -0.682. The fraction of sp³-hybridized carbons (Fsp3) is 0.348. The van der Waals surface area contributed by atoms with Gasteiger partial charge in [-0.2, -0.15) is 8.78 Å². The lowest BCUT2D eigenvalue weighted by Gasteiger charge is -2.30. The Bertz CT molecular complexity index is 931. The molecule has 2 aromatic rings. The van der Waals surface area contributed by atoms with Gasteiger partial charge in [0.1, 0.15) is 17.7 Å². The minimum Gasteiger partial charge on any atom is -0.458 e. The number of rotatable bonds is 9. The van der Waals surface area contributed by atoms with Crippen molar-refractivity contribution in [1.82, 2.24) is 5.32 Å². The molecule has 0 saturated carbocycles. The molecule has 2 rings (SSSR count). The highest BCUT2D eigenvalue weighted by atomic mass is 19.3. The van der Waals surface area contributed by atoms with Gasteiger partial charge in [0.2, 0.25) is 5.91 Å². The molecule has 2 atom stereocenters. The normalized spacial score (nSPS) is 13.5. The number of ether oxygens (including phenoxy) is 1. The van der Waals surface area contributed by atoms with Gasteiger partial charge < -0.3 is 21.1 Å². The molecule has 0 aromatic heterocycles. The number of amides is 2. The summed E-state index contributed by atoms with van der Waals surface area (Å²) in [5.74, 6) is -7.74. The van der Waals surface area contributed by atoms with E-state index in [1.54, 1.807) is 69.3 Å². The number of halogens is 2. The van der Waals surface area contributed by atoms with E-state index in [9.17, 15) is 14.4 Å². The lowest BCUT2D eigenvalue weighted by Crippen LogP contribution is -2.54. The molecule has 1 unspecified atom stereocenters. The van der Waals surface area contributed by atoms with Crippen molar-refractivity contribution in [2.45, 2.75) is 50.8 Å². The highest BCUT2D eigenvalue weighted by Crippen LogP contribution is 2.35. The van der Waals surface area contributed by atoms with Gasteiger partial charge >= 0.3 is 11.9 Å². The molecule has 4 N–H and O–H groups in total. The van der Waals surface area contributed by atoms with Crippen LogP contribution in [0.4, 0.5) is 14.5 Å². The van der Waals surface area contributed by atoms with Crippen LogP contribution in [0.2, 0.25) is 0 Å². The van der Waals surface area contributed by atoms with Crippen LogP contribution in [0.5, 0.6) is 0 Å². The lowest BCUT2D eigenvalue weighted by atomic mass is 9.98. The van der Waals surface area contributed by atoms with Gasteiger partial charge in [-0.15, -0.1) is 0 Å². The predicted molar refractivity (Wildman–Crippen MR) is 116 cm³/mol. The van der Waals surface area contributed by atoms with Crippen molar-refractivity contribution in [1.29, 1.82) is 0 Å². The Hall–Kier alpha value is -3.49. The Balaban J connectivity index is 2.33. The van der Waals surface area contributed by atoms with E-state index in [4.69, 9.17) is 10.5 Å². The van der Waals surface area contributed by atoms with Crippen molar-refractivity contribution in [3.05, 3.63) is 66.2 Å². The average Bonchev–Trinajstić information content (AvgIpc) is 2.71. The maximum absolute atomic E-state index is 15.4. The first-order valence-corrected chi connectivity index (χ1v) is 9.96. The third kappa shape index (κ3) is 7.04. The van der Waals surface area contributed by atoms with Crippen LogP contribution < -0.4 is 16.4 Å². The molecule has 0 aliphatic carbocycles. The first-order chi connectivity index (χ1) is 14.9. The molecule has 0 heterocycles. The molecule has 0 bridgehead atoms. The SMILES string of the molecule is CC(C)(C)OC(=O)[C@H](CC(N)=O)NC(=O)C(F)(F)C(Nc1ccccc1)c1ccccc1. The van der Waals surface area contributed by atoms with E-state index in [1.165, 1.54) is 12.1 Å². The molecular formula is C23H27F2N3O4. The summed E-state index contributed by atoms with van der Waals surface area (Å²) in [7, 11) is 0. The number of hydrogen-bond donors (Lipinski definition) is 3. The van der Waals surface area contributed by atoms with Gasteiger partial charge in [0, 0.05) is 5.69 Å². The number of primary amides is 1. The number of alkyl halides is 2. The Morgan fingerprint density at radius 3 is 2.00 bits per heavy atom. The van der Waals surface area contributed by atoms with Crippen LogP contribution >= 0.6 is 0 Å². The van der Waals surface area contributed by atoms with Gasteiger partial charge in [0.05, 0.1) is 6.42 Å². The minimum atomic E-state index is -4.00. The van der Waals surface area contributed by atoms with Crippen LogP contribution in [-0.2, 0) is 19.1 Å². The van der Waals surface area contributed by atoms with Crippen molar-refractivity contribution in [3.8, 4) is 0 Å². The van der Waals surface area contributed by atoms with Crippen LogP contribution in [0.25, 0.3) is 0 Å². The summed E-state index contributed by atoms with van der Waals surface area (Å²) >= 11 is 0.